The third-order valence-electron chi connectivity index (χ3n) is 6.03. The Labute approximate surface area is 168 Å². The van der Waals surface area contributed by atoms with Gasteiger partial charge in [0, 0.05) is 31.2 Å². The van der Waals surface area contributed by atoms with Gasteiger partial charge in [-0.15, -0.1) is 0 Å². The van der Waals surface area contributed by atoms with Crippen LogP contribution in [0.15, 0.2) is 6.07 Å². The van der Waals surface area contributed by atoms with Crippen LogP contribution in [0.4, 0.5) is 10.1 Å². The summed E-state index contributed by atoms with van der Waals surface area (Å²) < 4.78 is 47.0. The number of nitrogens with zero attached hydrogens (tertiary/aromatic N) is 1. The molecule has 9 nitrogen and oxygen atoms in total. The van der Waals surface area contributed by atoms with Crippen LogP contribution in [0.2, 0.25) is 0 Å². The molecule has 4 rings (SSSR count). The fourth-order valence-electron chi connectivity index (χ4n) is 4.16. The first-order valence-corrected chi connectivity index (χ1v) is 11.0. The monoisotopic (exact) mass is 429 g/mol. The van der Waals surface area contributed by atoms with E-state index in [1.165, 1.54) is 6.07 Å². The van der Waals surface area contributed by atoms with E-state index in [0.717, 1.165) is 25.7 Å². The molecule has 1 atom stereocenters. The lowest BCUT2D eigenvalue weighted by Gasteiger charge is -2.40. The minimum atomic E-state index is -4.24. The number of phenolic OH excluding ortho intramolecular Hbond substituents is 1. The number of benzene rings is 1. The van der Waals surface area contributed by atoms with E-state index in [0.29, 0.717) is 17.4 Å². The number of aliphatic hydroxyl groups excluding tert-OH is 1. The lowest BCUT2D eigenvalue weighted by molar-refractivity contribution is -0.117. The SMILES string of the molecule is O=C1CN(c2c(O)cc3c(c2F)C[C@H](CNCCC2(CO)CCC2)O3)S(=O)(=O)N1. The molecule has 2 fully saturated rings. The Bertz CT molecular complexity index is 929. The molecule has 0 radical (unpaired) electrons. The summed E-state index contributed by atoms with van der Waals surface area (Å²) in [5.74, 6) is -2.15. The summed E-state index contributed by atoms with van der Waals surface area (Å²) in [4.78, 5) is 11.4. The lowest BCUT2D eigenvalue weighted by atomic mass is 9.67. The molecule has 29 heavy (non-hydrogen) atoms. The van der Waals surface area contributed by atoms with E-state index in [2.05, 4.69) is 5.32 Å². The van der Waals surface area contributed by atoms with Gasteiger partial charge in [0.05, 0.1) is 0 Å². The Morgan fingerprint density at radius 2 is 2.17 bits per heavy atom. The number of halogens is 1. The molecular formula is C18H24FN3O6S. The van der Waals surface area contributed by atoms with E-state index in [-0.39, 0.29) is 35.9 Å². The standard InChI is InChI=1S/C18H24FN3O6S/c19-16-12-6-11(8-20-5-4-18(10-23)2-1-3-18)28-14(12)7-13(24)17(16)22-9-15(25)21-29(22,26)27/h7,11,20,23-24H,1-6,8-10H2,(H,21,25)/t11-/m1/s1. The second kappa shape index (κ2) is 7.29. The zero-order chi connectivity index (χ0) is 20.8. The van der Waals surface area contributed by atoms with Crippen molar-refractivity contribution in [1.82, 2.24) is 10.0 Å². The first kappa shape index (κ1) is 20.2. The van der Waals surface area contributed by atoms with Crippen LogP contribution < -0.4 is 19.1 Å². The number of hydrogen-bond acceptors (Lipinski definition) is 7. The third kappa shape index (κ3) is 3.62. The Kier molecular flexibility index (Phi) is 5.07. The summed E-state index contributed by atoms with van der Waals surface area (Å²) in [6.45, 7) is 0.747. The first-order chi connectivity index (χ1) is 13.7. The van der Waals surface area contributed by atoms with Crippen LogP contribution in [0.3, 0.4) is 0 Å². The van der Waals surface area contributed by atoms with E-state index in [1.807, 2.05) is 0 Å². The highest BCUT2D eigenvalue weighted by molar-refractivity contribution is 7.92. The molecule has 0 unspecified atom stereocenters. The smallest absolute Gasteiger partial charge is 0.326 e. The second-order valence-corrected chi connectivity index (χ2v) is 9.58. The number of phenols is 1. The molecule has 1 aromatic carbocycles. The maximum absolute atomic E-state index is 15.0. The summed E-state index contributed by atoms with van der Waals surface area (Å²) in [6, 6.07) is 1.18. The van der Waals surface area contributed by atoms with Crippen molar-refractivity contribution in [3.63, 3.8) is 0 Å². The van der Waals surface area contributed by atoms with Gasteiger partial charge in [0.1, 0.15) is 29.8 Å². The van der Waals surface area contributed by atoms with Crippen LogP contribution in [0.1, 0.15) is 31.2 Å². The van der Waals surface area contributed by atoms with E-state index in [4.69, 9.17) is 4.74 Å². The summed E-state index contributed by atoms with van der Waals surface area (Å²) in [7, 11) is -4.24. The predicted molar refractivity (Wildman–Crippen MR) is 101 cm³/mol. The quantitative estimate of drug-likeness (QED) is 0.455. The third-order valence-corrected chi connectivity index (χ3v) is 7.41. The number of nitrogens with one attached hydrogen (secondary N) is 2. The maximum atomic E-state index is 15.0. The van der Waals surface area contributed by atoms with E-state index >= 15 is 4.39 Å². The summed E-state index contributed by atoms with van der Waals surface area (Å²) in [5.41, 5.74) is -0.356. The van der Waals surface area contributed by atoms with Crippen molar-refractivity contribution in [2.75, 3.05) is 30.5 Å². The normalized spacial score (nSPS) is 24.0. The van der Waals surface area contributed by atoms with Crippen molar-refractivity contribution in [1.29, 1.82) is 0 Å². The van der Waals surface area contributed by atoms with Crippen LogP contribution in [0, 0.1) is 11.2 Å². The number of aromatic hydroxyl groups is 1. The van der Waals surface area contributed by atoms with Crippen LogP contribution in [-0.2, 0) is 21.4 Å². The molecule has 2 heterocycles. The molecule has 4 N–H and O–H groups in total. The molecule has 1 aromatic rings. The number of hydrogen-bond donors (Lipinski definition) is 4. The highest BCUT2D eigenvalue weighted by Gasteiger charge is 2.40. The zero-order valence-corrected chi connectivity index (χ0v) is 16.6. The average Bonchev–Trinajstić information content (AvgIpc) is 3.13. The Hall–Kier alpha value is -2.11. The maximum Gasteiger partial charge on any atom is 0.326 e. The molecule has 1 aliphatic carbocycles. The van der Waals surface area contributed by atoms with E-state index < -0.39 is 39.9 Å². The van der Waals surface area contributed by atoms with Gasteiger partial charge in [0.25, 0.3) is 5.91 Å². The van der Waals surface area contributed by atoms with Crippen molar-refractivity contribution in [2.45, 2.75) is 38.2 Å². The van der Waals surface area contributed by atoms with Crippen molar-refractivity contribution < 1.29 is 32.6 Å². The molecule has 0 aromatic heterocycles. The molecule has 1 saturated heterocycles. The van der Waals surface area contributed by atoms with Gasteiger partial charge in [-0.05, 0) is 31.2 Å². The molecule has 1 amide bonds. The van der Waals surface area contributed by atoms with Crippen molar-refractivity contribution in [2.24, 2.45) is 5.41 Å². The number of anilines is 1. The number of carbonyl (C=O) groups excluding carboxylic acids is 1. The molecule has 160 valence electrons. The lowest BCUT2D eigenvalue weighted by Crippen LogP contribution is -2.38. The van der Waals surface area contributed by atoms with Crippen LogP contribution in [-0.4, -0.2) is 56.9 Å². The number of ether oxygens (including phenoxy) is 1. The van der Waals surface area contributed by atoms with Crippen molar-refractivity contribution >= 4 is 21.8 Å². The molecule has 11 heteroatoms. The zero-order valence-electron chi connectivity index (χ0n) is 15.8. The average molecular weight is 429 g/mol. The van der Waals surface area contributed by atoms with E-state index in [1.54, 1.807) is 4.72 Å². The van der Waals surface area contributed by atoms with Crippen LogP contribution >= 0.6 is 0 Å². The molecular weight excluding hydrogens is 405 g/mol. The summed E-state index contributed by atoms with van der Waals surface area (Å²) >= 11 is 0. The fourth-order valence-corrected chi connectivity index (χ4v) is 5.33. The van der Waals surface area contributed by atoms with Gasteiger partial charge in [-0.2, -0.15) is 8.42 Å². The first-order valence-electron chi connectivity index (χ1n) is 9.60. The number of carbonyl (C=O) groups is 1. The Morgan fingerprint density at radius 1 is 1.41 bits per heavy atom. The minimum absolute atomic E-state index is 0.0198. The molecule has 3 aliphatic rings. The van der Waals surface area contributed by atoms with Crippen LogP contribution in [0.25, 0.3) is 0 Å². The molecule has 1 saturated carbocycles. The Balaban J connectivity index is 1.42. The van der Waals surface area contributed by atoms with E-state index in [9.17, 15) is 23.4 Å². The number of aliphatic hydroxyl groups is 1. The molecule has 0 bridgehead atoms. The number of amides is 1. The van der Waals surface area contributed by atoms with Gasteiger partial charge in [0.2, 0.25) is 0 Å². The molecule has 2 aliphatic heterocycles. The predicted octanol–water partition coefficient (Wildman–Crippen LogP) is 0.158. The van der Waals surface area contributed by atoms with Gasteiger partial charge in [0.15, 0.2) is 5.82 Å². The highest BCUT2D eigenvalue weighted by Crippen LogP contribution is 2.44. The Morgan fingerprint density at radius 3 is 2.76 bits per heavy atom. The van der Waals surface area contributed by atoms with Gasteiger partial charge >= 0.3 is 10.2 Å². The number of fused-ring (bicyclic) bond motifs is 1. The van der Waals surface area contributed by atoms with Gasteiger partial charge in [-0.3, -0.25) is 4.79 Å². The van der Waals surface area contributed by atoms with Crippen molar-refractivity contribution in [3.8, 4) is 11.5 Å². The van der Waals surface area contributed by atoms with Crippen LogP contribution in [0.5, 0.6) is 11.5 Å². The van der Waals surface area contributed by atoms with Gasteiger partial charge in [-0.25, -0.2) is 13.4 Å². The second-order valence-electron chi connectivity index (χ2n) is 7.98. The topological polar surface area (TPSA) is 128 Å². The van der Waals surface area contributed by atoms with Gasteiger partial charge < -0.3 is 20.3 Å². The summed E-state index contributed by atoms with van der Waals surface area (Å²) in [6.07, 6.45) is 3.90. The molecule has 0 spiro atoms. The van der Waals surface area contributed by atoms with Crippen molar-refractivity contribution in [3.05, 3.63) is 17.4 Å². The fraction of sp³-hybridized carbons (Fsp3) is 0.611. The highest BCUT2D eigenvalue weighted by atomic mass is 32.2. The summed E-state index contributed by atoms with van der Waals surface area (Å²) in [5, 5.41) is 22.9. The van der Waals surface area contributed by atoms with Gasteiger partial charge in [-0.1, -0.05) is 6.42 Å². The minimum Gasteiger partial charge on any atom is -0.505 e. The largest absolute Gasteiger partial charge is 0.505 e. The number of rotatable bonds is 7.